The van der Waals surface area contributed by atoms with Gasteiger partial charge in [0.15, 0.2) is 5.65 Å². The number of pyridine rings is 1. The van der Waals surface area contributed by atoms with Gasteiger partial charge >= 0.3 is 5.69 Å². The molecule has 4 rings (SSSR count). The summed E-state index contributed by atoms with van der Waals surface area (Å²) in [4.78, 5) is 16.8. The monoisotopic (exact) mass is 371 g/mol. The topological polar surface area (TPSA) is 56.6 Å². The summed E-state index contributed by atoms with van der Waals surface area (Å²) in [6.07, 6.45) is 0.813. The summed E-state index contributed by atoms with van der Waals surface area (Å²) >= 11 is 6.11. The standard InChI is InChI=1S/C19H22ClN5O/c1-14(12-17-6-3-7-18-21-22-19(26)25(17)18)23-8-10-24(11-9-23)16-5-2-4-15(20)13-16/h2-7,13-14H,8-12H2,1H3,(H,22,26). The van der Waals surface area contributed by atoms with Crippen LogP contribution in [0.2, 0.25) is 5.02 Å². The van der Waals surface area contributed by atoms with Crippen LogP contribution >= 0.6 is 11.6 Å². The number of piperazine rings is 1. The summed E-state index contributed by atoms with van der Waals surface area (Å²) in [6, 6.07) is 14.2. The van der Waals surface area contributed by atoms with E-state index in [1.807, 2.05) is 36.4 Å². The van der Waals surface area contributed by atoms with Crippen molar-refractivity contribution in [1.82, 2.24) is 19.5 Å². The Hall–Kier alpha value is -2.31. The Balaban J connectivity index is 1.43. The van der Waals surface area contributed by atoms with Gasteiger partial charge in [-0.3, -0.25) is 4.90 Å². The second kappa shape index (κ2) is 7.13. The Morgan fingerprint density at radius 3 is 2.69 bits per heavy atom. The van der Waals surface area contributed by atoms with Crippen LogP contribution in [0.4, 0.5) is 5.69 Å². The van der Waals surface area contributed by atoms with Crippen molar-refractivity contribution in [2.24, 2.45) is 0 Å². The molecule has 3 heterocycles. The Kier molecular flexibility index (Phi) is 4.70. The third-order valence-corrected chi connectivity index (χ3v) is 5.37. The van der Waals surface area contributed by atoms with Crippen molar-refractivity contribution in [3.05, 3.63) is 63.7 Å². The first-order chi connectivity index (χ1) is 12.6. The molecule has 0 aliphatic carbocycles. The van der Waals surface area contributed by atoms with E-state index in [4.69, 9.17) is 11.6 Å². The van der Waals surface area contributed by atoms with E-state index in [9.17, 15) is 4.79 Å². The van der Waals surface area contributed by atoms with Gasteiger partial charge in [-0.15, -0.1) is 0 Å². The number of fused-ring (bicyclic) bond motifs is 1. The maximum Gasteiger partial charge on any atom is 0.347 e. The first-order valence-corrected chi connectivity index (χ1v) is 9.29. The zero-order valence-electron chi connectivity index (χ0n) is 14.7. The number of aromatic amines is 1. The minimum atomic E-state index is -0.173. The lowest BCUT2D eigenvalue weighted by atomic mass is 10.1. The molecule has 0 spiro atoms. The number of hydrogen-bond acceptors (Lipinski definition) is 4. The molecule has 136 valence electrons. The highest BCUT2D eigenvalue weighted by atomic mass is 35.5. The van der Waals surface area contributed by atoms with Crippen LogP contribution in [0, 0.1) is 0 Å². The molecule has 6 nitrogen and oxygen atoms in total. The first kappa shape index (κ1) is 17.1. The van der Waals surface area contributed by atoms with Crippen molar-refractivity contribution in [3.8, 4) is 0 Å². The van der Waals surface area contributed by atoms with Crippen LogP contribution in [0.15, 0.2) is 47.3 Å². The van der Waals surface area contributed by atoms with Gasteiger partial charge in [-0.1, -0.05) is 23.7 Å². The highest BCUT2D eigenvalue weighted by Gasteiger charge is 2.22. The summed E-state index contributed by atoms with van der Waals surface area (Å²) in [7, 11) is 0. The van der Waals surface area contributed by atoms with Gasteiger partial charge < -0.3 is 4.90 Å². The lowest BCUT2D eigenvalue weighted by molar-refractivity contribution is 0.195. The molecule has 1 fully saturated rings. The van der Waals surface area contributed by atoms with Gasteiger partial charge in [0.1, 0.15) is 0 Å². The van der Waals surface area contributed by atoms with E-state index in [0.29, 0.717) is 11.7 Å². The molecule has 0 bridgehead atoms. The van der Waals surface area contributed by atoms with Gasteiger partial charge in [0.2, 0.25) is 0 Å². The molecule has 7 heteroatoms. The predicted molar refractivity (Wildman–Crippen MR) is 104 cm³/mol. The minimum Gasteiger partial charge on any atom is -0.369 e. The first-order valence-electron chi connectivity index (χ1n) is 8.91. The van der Waals surface area contributed by atoms with Crippen LogP contribution in [0.3, 0.4) is 0 Å². The number of halogens is 1. The molecule has 1 aliphatic rings. The number of anilines is 1. The Labute approximate surface area is 157 Å². The minimum absolute atomic E-state index is 0.173. The van der Waals surface area contributed by atoms with E-state index in [1.54, 1.807) is 4.40 Å². The molecule has 0 saturated carbocycles. The molecular weight excluding hydrogens is 350 g/mol. The van der Waals surface area contributed by atoms with E-state index < -0.39 is 0 Å². The zero-order chi connectivity index (χ0) is 18.1. The molecule has 1 aliphatic heterocycles. The summed E-state index contributed by atoms with van der Waals surface area (Å²) in [5.74, 6) is 0. The lowest BCUT2D eigenvalue weighted by Crippen LogP contribution is -2.50. The smallest absolute Gasteiger partial charge is 0.347 e. The van der Waals surface area contributed by atoms with E-state index in [-0.39, 0.29) is 5.69 Å². The Morgan fingerprint density at radius 2 is 1.92 bits per heavy atom. The zero-order valence-corrected chi connectivity index (χ0v) is 15.5. The molecule has 0 amide bonds. The molecular formula is C19H22ClN5O. The fraction of sp³-hybridized carbons (Fsp3) is 0.368. The maximum atomic E-state index is 12.0. The maximum absolute atomic E-state index is 12.0. The van der Waals surface area contributed by atoms with Crippen molar-refractivity contribution in [2.75, 3.05) is 31.1 Å². The van der Waals surface area contributed by atoms with Crippen molar-refractivity contribution in [1.29, 1.82) is 0 Å². The summed E-state index contributed by atoms with van der Waals surface area (Å²) in [5, 5.41) is 7.34. The highest BCUT2D eigenvalue weighted by molar-refractivity contribution is 6.30. The normalized spacial score (nSPS) is 16.9. The van der Waals surface area contributed by atoms with E-state index in [0.717, 1.165) is 43.3 Å². The van der Waals surface area contributed by atoms with Crippen molar-refractivity contribution < 1.29 is 0 Å². The van der Waals surface area contributed by atoms with Crippen LogP contribution in [0.5, 0.6) is 0 Å². The van der Waals surface area contributed by atoms with Gasteiger partial charge in [-0.05, 0) is 37.3 Å². The van der Waals surface area contributed by atoms with Crippen LogP contribution < -0.4 is 10.6 Å². The number of H-pyrrole nitrogens is 1. The van der Waals surface area contributed by atoms with E-state index >= 15 is 0 Å². The third kappa shape index (κ3) is 3.34. The van der Waals surface area contributed by atoms with Crippen LogP contribution in [-0.2, 0) is 6.42 Å². The number of nitrogens with zero attached hydrogens (tertiary/aromatic N) is 4. The van der Waals surface area contributed by atoms with Gasteiger partial charge in [0.25, 0.3) is 0 Å². The molecule has 1 unspecified atom stereocenters. The van der Waals surface area contributed by atoms with Crippen LogP contribution in [0.1, 0.15) is 12.6 Å². The van der Waals surface area contributed by atoms with Crippen LogP contribution in [0.25, 0.3) is 5.65 Å². The van der Waals surface area contributed by atoms with E-state index in [2.05, 4.69) is 33.0 Å². The highest BCUT2D eigenvalue weighted by Crippen LogP contribution is 2.21. The lowest BCUT2D eigenvalue weighted by Gasteiger charge is -2.39. The van der Waals surface area contributed by atoms with Gasteiger partial charge in [-0.2, -0.15) is 5.10 Å². The summed E-state index contributed by atoms with van der Waals surface area (Å²) < 4.78 is 1.67. The molecule has 1 N–H and O–H groups in total. The molecule has 3 aromatic rings. The van der Waals surface area contributed by atoms with Crippen molar-refractivity contribution in [2.45, 2.75) is 19.4 Å². The van der Waals surface area contributed by atoms with E-state index in [1.165, 1.54) is 5.69 Å². The average Bonchev–Trinajstić information content (AvgIpc) is 3.04. The summed E-state index contributed by atoms with van der Waals surface area (Å²) in [5.41, 5.74) is 2.67. The van der Waals surface area contributed by atoms with Crippen molar-refractivity contribution in [3.63, 3.8) is 0 Å². The molecule has 1 saturated heterocycles. The summed E-state index contributed by atoms with van der Waals surface area (Å²) in [6.45, 7) is 6.15. The number of nitrogens with one attached hydrogen (secondary N) is 1. The largest absolute Gasteiger partial charge is 0.369 e. The van der Waals surface area contributed by atoms with Crippen LogP contribution in [-0.4, -0.2) is 51.7 Å². The van der Waals surface area contributed by atoms with Crippen molar-refractivity contribution >= 4 is 22.9 Å². The number of benzene rings is 1. The van der Waals surface area contributed by atoms with Gasteiger partial charge in [-0.25, -0.2) is 14.3 Å². The number of rotatable bonds is 4. The fourth-order valence-corrected chi connectivity index (χ4v) is 3.89. The molecule has 2 aromatic heterocycles. The molecule has 1 atom stereocenters. The molecule has 26 heavy (non-hydrogen) atoms. The average molecular weight is 372 g/mol. The Bertz CT molecular complexity index is 958. The number of hydrogen-bond donors (Lipinski definition) is 1. The quantitative estimate of drug-likeness (QED) is 0.765. The Morgan fingerprint density at radius 1 is 1.15 bits per heavy atom. The fourth-order valence-electron chi connectivity index (χ4n) is 3.70. The van der Waals surface area contributed by atoms with Gasteiger partial charge in [0.05, 0.1) is 0 Å². The molecule has 0 radical (unpaired) electrons. The second-order valence-electron chi connectivity index (χ2n) is 6.80. The number of aromatic nitrogens is 3. The third-order valence-electron chi connectivity index (χ3n) is 5.13. The second-order valence-corrected chi connectivity index (χ2v) is 7.23. The molecule has 1 aromatic carbocycles. The SMILES string of the molecule is CC(Cc1cccc2n[nH]c(=O)n12)N1CCN(c2cccc(Cl)c2)CC1. The van der Waals surface area contributed by atoms with Gasteiger partial charge in [0, 0.05) is 55.0 Å². The predicted octanol–water partition coefficient (Wildman–Crippen LogP) is 2.43.